The first-order valence-electron chi connectivity index (χ1n) is 5.36. The van der Waals surface area contributed by atoms with Crippen LogP contribution in [0.1, 0.15) is 5.56 Å². The van der Waals surface area contributed by atoms with Crippen molar-refractivity contribution in [3.8, 4) is 0 Å². The third kappa shape index (κ3) is 2.63. The fourth-order valence-electron chi connectivity index (χ4n) is 1.73. The molecule has 0 saturated carbocycles. The number of sulfonamides is 1. The minimum atomic E-state index is -3.49. The van der Waals surface area contributed by atoms with Crippen molar-refractivity contribution in [3.63, 3.8) is 0 Å². The van der Waals surface area contributed by atoms with Crippen LogP contribution in [0, 0.1) is 6.92 Å². The van der Waals surface area contributed by atoms with Gasteiger partial charge in [-0.05, 0) is 24.6 Å². The number of nitrogens with zero attached hydrogens (tertiary/aromatic N) is 1. The van der Waals surface area contributed by atoms with Crippen molar-refractivity contribution in [1.82, 2.24) is 4.31 Å². The molecule has 0 aliphatic carbocycles. The zero-order chi connectivity index (χ0) is 12.5. The summed E-state index contributed by atoms with van der Waals surface area (Å²) in [6.07, 6.45) is 0. The van der Waals surface area contributed by atoms with Gasteiger partial charge in [0.15, 0.2) is 0 Å². The number of rotatable bonds is 2. The fraction of sp³-hybridized carbons (Fsp3) is 0.455. The fourth-order valence-corrected chi connectivity index (χ4v) is 3.70. The normalized spacial score (nSPS) is 18.2. The smallest absolute Gasteiger partial charge is 0.244 e. The van der Waals surface area contributed by atoms with Crippen molar-refractivity contribution in [2.75, 3.05) is 26.3 Å². The van der Waals surface area contributed by atoms with Gasteiger partial charge in [-0.1, -0.05) is 17.7 Å². The second kappa shape index (κ2) is 4.94. The summed E-state index contributed by atoms with van der Waals surface area (Å²) < 4.78 is 31.3. The first-order valence-corrected chi connectivity index (χ1v) is 7.17. The maximum atomic E-state index is 12.3. The Balaban J connectivity index is 2.40. The van der Waals surface area contributed by atoms with Crippen molar-refractivity contribution < 1.29 is 13.2 Å². The number of hydrogen-bond acceptors (Lipinski definition) is 3. The van der Waals surface area contributed by atoms with Crippen LogP contribution in [0.3, 0.4) is 0 Å². The van der Waals surface area contributed by atoms with Gasteiger partial charge in [0.2, 0.25) is 10.0 Å². The van der Waals surface area contributed by atoms with Gasteiger partial charge in [0.25, 0.3) is 0 Å². The van der Waals surface area contributed by atoms with Crippen LogP contribution >= 0.6 is 11.6 Å². The molecule has 1 aromatic carbocycles. The largest absolute Gasteiger partial charge is 0.379 e. The number of benzene rings is 1. The molecule has 1 aliphatic rings. The van der Waals surface area contributed by atoms with E-state index in [1.165, 1.54) is 4.31 Å². The summed E-state index contributed by atoms with van der Waals surface area (Å²) in [4.78, 5) is 0.182. The maximum absolute atomic E-state index is 12.3. The zero-order valence-electron chi connectivity index (χ0n) is 9.52. The lowest BCUT2D eigenvalue weighted by Crippen LogP contribution is -2.40. The second-order valence-corrected chi connectivity index (χ2v) is 6.26. The molecule has 0 amide bonds. The van der Waals surface area contributed by atoms with Crippen LogP contribution in [-0.4, -0.2) is 39.0 Å². The van der Waals surface area contributed by atoms with Crippen molar-refractivity contribution >= 4 is 21.6 Å². The molecule has 4 nitrogen and oxygen atoms in total. The van der Waals surface area contributed by atoms with Crippen LogP contribution in [0.15, 0.2) is 23.1 Å². The van der Waals surface area contributed by atoms with E-state index in [-0.39, 0.29) is 9.92 Å². The van der Waals surface area contributed by atoms with E-state index in [1.54, 1.807) is 18.2 Å². The summed E-state index contributed by atoms with van der Waals surface area (Å²) >= 11 is 5.96. The van der Waals surface area contributed by atoms with Gasteiger partial charge < -0.3 is 4.74 Å². The maximum Gasteiger partial charge on any atom is 0.244 e. The first kappa shape index (κ1) is 12.8. The Morgan fingerprint density at radius 2 is 1.94 bits per heavy atom. The van der Waals surface area contributed by atoms with Crippen molar-refractivity contribution in [3.05, 3.63) is 28.8 Å². The Morgan fingerprint density at radius 3 is 2.59 bits per heavy atom. The van der Waals surface area contributed by atoms with E-state index in [4.69, 9.17) is 16.3 Å². The monoisotopic (exact) mass is 275 g/mol. The molecule has 0 spiro atoms. The van der Waals surface area contributed by atoms with Gasteiger partial charge in [0, 0.05) is 13.1 Å². The summed E-state index contributed by atoms with van der Waals surface area (Å²) in [6, 6.07) is 5.01. The molecule has 1 heterocycles. The van der Waals surface area contributed by atoms with E-state index in [1.807, 2.05) is 6.92 Å². The molecule has 0 N–H and O–H groups in total. The summed E-state index contributed by atoms with van der Waals surface area (Å²) in [5.74, 6) is 0. The molecule has 1 aliphatic heterocycles. The first-order chi connectivity index (χ1) is 8.01. The SMILES string of the molecule is Cc1ccc(Cl)c(S(=O)(=O)N2CCOCC2)c1. The average Bonchev–Trinajstić information content (AvgIpc) is 2.33. The number of hydrogen-bond donors (Lipinski definition) is 0. The van der Waals surface area contributed by atoms with Crippen LogP contribution in [0.5, 0.6) is 0 Å². The summed E-state index contributed by atoms with van der Waals surface area (Å²) in [6.45, 7) is 3.47. The third-order valence-corrected chi connectivity index (χ3v) is 5.05. The molecular weight excluding hydrogens is 262 g/mol. The van der Waals surface area contributed by atoms with E-state index >= 15 is 0 Å². The molecule has 17 heavy (non-hydrogen) atoms. The number of morpholine rings is 1. The number of ether oxygens (including phenoxy) is 1. The Kier molecular flexibility index (Phi) is 3.73. The highest BCUT2D eigenvalue weighted by Crippen LogP contribution is 2.26. The minimum absolute atomic E-state index is 0.182. The van der Waals surface area contributed by atoms with Gasteiger partial charge in [0.1, 0.15) is 4.90 Å². The standard InChI is InChI=1S/C11H14ClNO3S/c1-9-2-3-10(12)11(8-9)17(14,15)13-4-6-16-7-5-13/h2-3,8H,4-7H2,1H3. The average molecular weight is 276 g/mol. The van der Waals surface area contributed by atoms with Crippen molar-refractivity contribution in [2.24, 2.45) is 0 Å². The molecule has 1 aromatic rings. The molecular formula is C11H14ClNO3S. The summed E-state index contributed by atoms with van der Waals surface area (Å²) in [7, 11) is -3.49. The topological polar surface area (TPSA) is 46.6 Å². The lowest BCUT2D eigenvalue weighted by Gasteiger charge is -2.26. The Morgan fingerprint density at radius 1 is 1.29 bits per heavy atom. The zero-order valence-corrected chi connectivity index (χ0v) is 11.1. The molecule has 0 aromatic heterocycles. The van der Waals surface area contributed by atoms with E-state index in [2.05, 4.69) is 0 Å². The summed E-state index contributed by atoms with van der Waals surface area (Å²) in [5.41, 5.74) is 0.876. The lowest BCUT2D eigenvalue weighted by atomic mass is 10.2. The van der Waals surface area contributed by atoms with E-state index in [0.717, 1.165) is 5.56 Å². The molecule has 94 valence electrons. The lowest BCUT2D eigenvalue weighted by molar-refractivity contribution is 0.0730. The highest BCUT2D eigenvalue weighted by atomic mass is 35.5. The van der Waals surface area contributed by atoms with Gasteiger partial charge in [-0.25, -0.2) is 8.42 Å². The van der Waals surface area contributed by atoms with Crippen LogP contribution < -0.4 is 0 Å². The Hall–Kier alpha value is -0.620. The predicted molar refractivity (Wildman–Crippen MR) is 65.8 cm³/mol. The second-order valence-electron chi connectivity index (χ2n) is 3.95. The van der Waals surface area contributed by atoms with Crippen molar-refractivity contribution in [2.45, 2.75) is 11.8 Å². The molecule has 1 fully saturated rings. The molecule has 0 unspecified atom stereocenters. The van der Waals surface area contributed by atoms with Crippen molar-refractivity contribution in [1.29, 1.82) is 0 Å². The van der Waals surface area contributed by atoms with Crippen LogP contribution in [0.2, 0.25) is 5.02 Å². The third-order valence-electron chi connectivity index (χ3n) is 2.67. The molecule has 0 atom stereocenters. The van der Waals surface area contributed by atoms with Crippen LogP contribution in [-0.2, 0) is 14.8 Å². The Bertz CT molecular complexity index is 509. The van der Waals surface area contributed by atoms with Crippen LogP contribution in [0.25, 0.3) is 0 Å². The van der Waals surface area contributed by atoms with Gasteiger partial charge >= 0.3 is 0 Å². The summed E-state index contributed by atoms with van der Waals surface area (Å²) in [5, 5.41) is 0.266. The number of halogens is 1. The molecule has 0 bridgehead atoms. The van der Waals surface area contributed by atoms with Gasteiger partial charge in [-0.3, -0.25) is 0 Å². The van der Waals surface area contributed by atoms with E-state index < -0.39 is 10.0 Å². The number of aryl methyl sites for hydroxylation is 1. The molecule has 0 radical (unpaired) electrons. The van der Waals surface area contributed by atoms with E-state index in [9.17, 15) is 8.42 Å². The van der Waals surface area contributed by atoms with Gasteiger partial charge in [-0.15, -0.1) is 0 Å². The van der Waals surface area contributed by atoms with Crippen LogP contribution in [0.4, 0.5) is 0 Å². The Labute approximate surface area is 106 Å². The van der Waals surface area contributed by atoms with Gasteiger partial charge in [0.05, 0.1) is 18.2 Å². The molecule has 2 rings (SSSR count). The quantitative estimate of drug-likeness (QED) is 0.825. The molecule has 1 saturated heterocycles. The van der Waals surface area contributed by atoms with E-state index in [0.29, 0.717) is 26.3 Å². The minimum Gasteiger partial charge on any atom is -0.379 e. The highest BCUT2D eigenvalue weighted by molar-refractivity contribution is 7.89. The van der Waals surface area contributed by atoms with Gasteiger partial charge in [-0.2, -0.15) is 4.31 Å². The molecule has 6 heteroatoms. The predicted octanol–water partition coefficient (Wildman–Crippen LogP) is 1.67. The highest BCUT2D eigenvalue weighted by Gasteiger charge is 2.28.